The number of nitrogens with zero attached hydrogens (tertiary/aromatic N) is 3. The Bertz CT molecular complexity index is 665. The van der Waals surface area contributed by atoms with E-state index in [1.54, 1.807) is 20.8 Å². The van der Waals surface area contributed by atoms with E-state index in [2.05, 4.69) is 5.10 Å². The summed E-state index contributed by atoms with van der Waals surface area (Å²) in [7, 11) is 1.50. The van der Waals surface area contributed by atoms with Crippen LogP contribution in [0, 0.1) is 19.8 Å². The molecule has 114 valence electrons. The lowest BCUT2D eigenvalue weighted by Gasteiger charge is -2.24. The van der Waals surface area contributed by atoms with Crippen LogP contribution in [0.2, 0.25) is 0 Å². The third kappa shape index (κ3) is 2.43. The lowest BCUT2D eigenvalue weighted by Crippen LogP contribution is -2.41. The molecule has 0 aliphatic carbocycles. The number of carboxylic acids is 1. The molecule has 1 aromatic rings. The van der Waals surface area contributed by atoms with Crippen molar-refractivity contribution in [3.05, 3.63) is 27.2 Å². The van der Waals surface area contributed by atoms with E-state index in [0.717, 1.165) is 4.68 Å². The minimum Gasteiger partial charge on any atom is -0.481 e. The molecular weight excluding hydrogens is 274 g/mol. The predicted molar refractivity (Wildman–Crippen MR) is 75.2 cm³/mol. The monoisotopic (exact) mass is 293 g/mol. The van der Waals surface area contributed by atoms with Gasteiger partial charge in [0.15, 0.2) is 0 Å². The van der Waals surface area contributed by atoms with Gasteiger partial charge < -0.3 is 10.0 Å². The molecule has 1 aliphatic rings. The summed E-state index contributed by atoms with van der Waals surface area (Å²) >= 11 is 0. The van der Waals surface area contributed by atoms with Crippen LogP contribution in [0.1, 0.15) is 35.0 Å². The van der Waals surface area contributed by atoms with E-state index in [9.17, 15) is 14.4 Å². The van der Waals surface area contributed by atoms with Crippen LogP contribution in [0.15, 0.2) is 4.79 Å². The summed E-state index contributed by atoms with van der Waals surface area (Å²) in [6, 6.07) is -0.424. The number of aliphatic carboxylic acids is 1. The Morgan fingerprint density at radius 3 is 2.48 bits per heavy atom. The second-order valence-corrected chi connectivity index (χ2v) is 5.49. The molecule has 0 spiro atoms. The lowest BCUT2D eigenvalue weighted by molar-refractivity contribution is -0.142. The summed E-state index contributed by atoms with van der Waals surface area (Å²) in [6.45, 7) is 5.48. The number of carboxylic acid groups (broad SMARTS) is 1. The molecule has 7 nitrogen and oxygen atoms in total. The highest BCUT2D eigenvalue weighted by atomic mass is 16.4. The maximum absolute atomic E-state index is 12.7. The molecular formula is C14H19N3O4. The number of aromatic nitrogens is 2. The molecule has 7 heteroatoms. The second-order valence-electron chi connectivity index (χ2n) is 5.49. The first-order valence-corrected chi connectivity index (χ1v) is 6.84. The molecule has 0 radical (unpaired) electrons. The molecule has 1 aliphatic heterocycles. The third-order valence-electron chi connectivity index (χ3n) is 4.27. The van der Waals surface area contributed by atoms with Crippen molar-refractivity contribution in [1.82, 2.24) is 14.7 Å². The van der Waals surface area contributed by atoms with Crippen LogP contribution in [0.25, 0.3) is 0 Å². The summed E-state index contributed by atoms with van der Waals surface area (Å²) in [5.41, 5.74) is 0.799. The zero-order valence-corrected chi connectivity index (χ0v) is 12.6. The van der Waals surface area contributed by atoms with E-state index in [-0.39, 0.29) is 5.56 Å². The maximum Gasteiger partial charge on any atom is 0.308 e. The number of hydrogen-bond donors (Lipinski definition) is 1. The Balaban J connectivity index is 2.43. The van der Waals surface area contributed by atoms with Gasteiger partial charge in [-0.15, -0.1) is 0 Å². The minimum absolute atomic E-state index is 0.0860. The maximum atomic E-state index is 12.7. The van der Waals surface area contributed by atoms with Crippen LogP contribution < -0.4 is 5.56 Å². The van der Waals surface area contributed by atoms with Gasteiger partial charge in [0.25, 0.3) is 11.5 Å². The Hall–Kier alpha value is -2.18. The molecule has 2 rings (SSSR count). The van der Waals surface area contributed by atoms with E-state index in [4.69, 9.17) is 5.11 Å². The first-order valence-electron chi connectivity index (χ1n) is 6.84. The molecule has 21 heavy (non-hydrogen) atoms. The standard InChI is InChI=1S/C14H19N3O4/c1-7-8(2)15-16(4)12(18)11(7)13(19)17-6-5-10(9(17)3)14(20)21/h9-10H,5-6H2,1-4H3,(H,20,21). The zero-order chi connectivity index (χ0) is 15.9. The number of hydrogen-bond acceptors (Lipinski definition) is 4. The van der Waals surface area contributed by atoms with Crippen molar-refractivity contribution >= 4 is 11.9 Å². The predicted octanol–water partition coefficient (Wildman–Crippen LogP) is 0.332. The minimum atomic E-state index is -0.909. The molecule has 0 saturated carbocycles. The van der Waals surface area contributed by atoms with Crippen molar-refractivity contribution in [3.8, 4) is 0 Å². The SMILES string of the molecule is Cc1nn(C)c(=O)c(C(=O)N2CCC(C(=O)O)C2C)c1C. The van der Waals surface area contributed by atoms with Crippen molar-refractivity contribution in [2.24, 2.45) is 13.0 Å². The molecule has 1 N–H and O–H groups in total. The van der Waals surface area contributed by atoms with Crippen LogP contribution in [0.4, 0.5) is 0 Å². The molecule has 2 unspecified atom stereocenters. The van der Waals surface area contributed by atoms with Gasteiger partial charge in [-0.05, 0) is 32.8 Å². The van der Waals surface area contributed by atoms with Gasteiger partial charge in [0, 0.05) is 19.6 Å². The Morgan fingerprint density at radius 2 is 1.95 bits per heavy atom. The van der Waals surface area contributed by atoms with Crippen molar-refractivity contribution in [2.45, 2.75) is 33.2 Å². The van der Waals surface area contributed by atoms with E-state index < -0.39 is 29.4 Å². The third-order valence-corrected chi connectivity index (χ3v) is 4.27. The van der Waals surface area contributed by atoms with Gasteiger partial charge in [0.1, 0.15) is 5.56 Å². The smallest absolute Gasteiger partial charge is 0.308 e. The van der Waals surface area contributed by atoms with Gasteiger partial charge in [0.05, 0.1) is 11.6 Å². The molecule has 2 heterocycles. The van der Waals surface area contributed by atoms with Crippen LogP contribution in [0.3, 0.4) is 0 Å². The Morgan fingerprint density at radius 1 is 1.33 bits per heavy atom. The summed E-state index contributed by atoms with van der Waals surface area (Å²) in [4.78, 5) is 37.5. The molecule has 1 saturated heterocycles. The van der Waals surface area contributed by atoms with Crippen LogP contribution in [-0.4, -0.2) is 44.3 Å². The normalized spacial score (nSPS) is 21.6. The molecule has 1 amide bonds. The van der Waals surface area contributed by atoms with E-state index in [0.29, 0.717) is 24.2 Å². The van der Waals surface area contributed by atoms with E-state index in [1.807, 2.05) is 0 Å². The average molecular weight is 293 g/mol. The molecule has 0 bridgehead atoms. The first-order chi connectivity index (χ1) is 9.75. The van der Waals surface area contributed by atoms with Gasteiger partial charge in [-0.25, -0.2) is 4.68 Å². The Labute approximate surface area is 122 Å². The largest absolute Gasteiger partial charge is 0.481 e. The van der Waals surface area contributed by atoms with Crippen molar-refractivity contribution in [3.63, 3.8) is 0 Å². The van der Waals surface area contributed by atoms with Gasteiger partial charge in [-0.2, -0.15) is 5.10 Å². The second kappa shape index (κ2) is 5.31. The lowest BCUT2D eigenvalue weighted by atomic mass is 10.0. The first kappa shape index (κ1) is 15.2. The van der Waals surface area contributed by atoms with E-state index >= 15 is 0 Å². The summed E-state index contributed by atoms with van der Waals surface area (Å²) in [5, 5.41) is 13.2. The quantitative estimate of drug-likeness (QED) is 0.848. The van der Waals surface area contributed by atoms with Gasteiger partial charge in [-0.3, -0.25) is 14.4 Å². The fraction of sp³-hybridized carbons (Fsp3) is 0.571. The molecule has 1 aromatic heterocycles. The van der Waals surface area contributed by atoms with Crippen molar-refractivity contribution in [1.29, 1.82) is 0 Å². The number of aryl methyl sites for hydroxylation is 2. The molecule has 2 atom stereocenters. The Kier molecular flexibility index (Phi) is 3.85. The zero-order valence-electron chi connectivity index (χ0n) is 12.6. The topological polar surface area (TPSA) is 92.5 Å². The van der Waals surface area contributed by atoms with Crippen molar-refractivity contribution in [2.75, 3.05) is 6.54 Å². The number of amides is 1. The summed E-state index contributed by atoms with van der Waals surface area (Å²) in [6.07, 6.45) is 0.408. The highest BCUT2D eigenvalue weighted by molar-refractivity contribution is 5.96. The van der Waals surface area contributed by atoms with Gasteiger partial charge >= 0.3 is 5.97 Å². The number of carbonyl (C=O) groups excluding carboxylic acids is 1. The van der Waals surface area contributed by atoms with E-state index in [1.165, 1.54) is 11.9 Å². The fourth-order valence-corrected chi connectivity index (χ4v) is 2.80. The highest BCUT2D eigenvalue weighted by Gasteiger charge is 2.39. The molecule has 0 aromatic carbocycles. The summed E-state index contributed by atoms with van der Waals surface area (Å²) < 4.78 is 1.14. The van der Waals surface area contributed by atoms with Crippen LogP contribution in [0.5, 0.6) is 0 Å². The average Bonchev–Trinajstić information content (AvgIpc) is 2.78. The number of carbonyl (C=O) groups is 2. The van der Waals surface area contributed by atoms with Crippen LogP contribution in [-0.2, 0) is 11.8 Å². The fourth-order valence-electron chi connectivity index (χ4n) is 2.80. The van der Waals surface area contributed by atoms with Crippen LogP contribution >= 0.6 is 0 Å². The number of rotatable bonds is 2. The van der Waals surface area contributed by atoms with Crippen molar-refractivity contribution < 1.29 is 14.7 Å². The van der Waals surface area contributed by atoms with Gasteiger partial charge in [0.2, 0.25) is 0 Å². The van der Waals surface area contributed by atoms with Gasteiger partial charge in [-0.1, -0.05) is 0 Å². The number of likely N-dealkylation sites (tertiary alicyclic amines) is 1. The highest BCUT2D eigenvalue weighted by Crippen LogP contribution is 2.26. The summed E-state index contributed by atoms with van der Waals surface area (Å²) in [5.74, 6) is -1.90. The molecule has 1 fully saturated rings.